The van der Waals surface area contributed by atoms with E-state index in [4.69, 9.17) is 21.1 Å². The van der Waals surface area contributed by atoms with Crippen LogP contribution in [-0.4, -0.2) is 53.9 Å². The molecule has 3 aromatic carbocycles. The molecule has 2 heterocycles. The van der Waals surface area contributed by atoms with Gasteiger partial charge in [0.15, 0.2) is 11.5 Å². The molecule has 46 heavy (non-hydrogen) atoms. The number of halogens is 1. The molecule has 0 unspecified atom stereocenters. The number of para-hydroxylation sites is 1. The van der Waals surface area contributed by atoms with Crippen LogP contribution in [0.15, 0.2) is 84.4 Å². The van der Waals surface area contributed by atoms with Crippen molar-refractivity contribution in [3.63, 3.8) is 0 Å². The fourth-order valence-electron chi connectivity index (χ4n) is 8.30. The van der Waals surface area contributed by atoms with Gasteiger partial charge in [-0.05, 0) is 48.6 Å². The number of allylic oxidation sites excluding steroid dienone is 2. The standard InChI is InChI=1S/C35H29ClN2O8/c1-45-26-13-7-12-23(29(26)39)28-21-14-15-22-27(32(42)38(30(22)40)34(44)46-2)24(21)17-25-31(41)37(20-11-6-10-19(36)16-20)33(43)35(25,28)18-8-4-3-5-9-18/h3-14,16,22,24-25,27-28,39H,15,17H2,1-2H3/t22-,24+,25-,27-,28+,35+/m0/s1. The number of imide groups is 4. The molecule has 10 nitrogen and oxygen atoms in total. The Balaban J connectivity index is 1.51. The molecule has 1 saturated carbocycles. The fraction of sp³-hybridized carbons (Fsp3) is 0.286. The molecular weight excluding hydrogens is 612 g/mol. The first-order valence-electron chi connectivity index (χ1n) is 14.9. The molecule has 1 N–H and O–H groups in total. The van der Waals surface area contributed by atoms with Crippen molar-refractivity contribution in [2.75, 3.05) is 19.1 Å². The minimum Gasteiger partial charge on any atom is -0.504 e. The molecule has 3 aromatic rings. The maximum absolute atomic E-state index is 15.2. The third-order valence-corrected chi connectivity index (χ3v) is 10.3. The lowest BCUT2D eigenvalue weighted by Crippen LogP contribution is -2.53. The molecule has 234 valence electrons. The minimum absolute atomic E-state index is 0.0405. The number of anilines is 1. The topological polar surface area (TPSA) is 131 Å². The smallest absolute Gasteiger partial charge is 0.423 e. The summed E-state index contributed by atoms with van der Waals surface area (Å²) in [5.74, 6) is -6.91. The van der Waals surface area contributed by atoms with E-state index in [0.29, 0.717) is 32.3 Å². The Morgan fingerprint density at radius 2 is 1.65 bits per heavy atom. The number of hydrogen-bond acceptors (Lipinski definition) is 8. The van der Waals surface area contributed by atoms with E-state index in [-0.39, 0.29) is 24.3 Å². The summed E-state index contributed by atoms with van der Waals surface area (Å²) in [6.07, 6.45) is 0.924. The molecule has 0 spiro atoms. The molecule has 11 heteroatoms. The Bertz CT molecular complexity index is 1860. The first-order chi connectivity index (χ1) is 22.2. The highest BCUT2D eigenvalue weighted by molar-refractivity contribution is 6.32. The number of benzene rings is 3. The molecule has 2 saturated heterocycles. The van der Waals surface area contributed by atoms with Gasteiger partial charge in [0.05, 0.1) is 43.1 Å². The highest BCUT2D eigenvalue weighted by Gasteiger charge is 2.70. The van der Waals surface area contributed by atoms with Crippen LogP contribution in [-0.2, 0) is 29.3 Å². The molecule has 2 aliphatic heterocycles. The number of carbonyl (C=O) groups is 5. The highest BCUT2D eigenvalue weighted by atomic mass is 35.5. The van der Waals surface area contributed by atoms with E-state index in [1.54, 1.807) is 66.7 Å². The molecule has 4 aliphatic rings. The number of likely N-dealkylation sites (tertiary alicyclic amines) is 1. The van der Waals surface area contributed by atoms with Crippen LogP contribution in [0.3, 0.4) is 0 Å². The summed E-state index contributed by atoms with van der Waals surface area (Å²) in [6, 6.07) is 20.4. The van der Waals surface area contributed by atoms with Gasteiger partial charge in [-0.25, -0.2) is 9.69 Å². The third kappa shape index (κ3) is 3.92. The van der Waals surface area contributed by atoms with Crippen molar-refractivity contribution in [3.05, 3.63) is 101 Å². The number of aromatic hydroxyl groups is 1. The first kappa shape index (κ1) is 29.7. The van der Waals surface area contributed by atoms with E-state index in [0.717, 1.165) is 12.0 Å². The maximum Gasteiger partial charge on any atom is 0.423 e. The van der Waals surface area contributed by atoms with Crippen molar-refractivity contribution >= 4 is 47.0 Å². The zero-order valence-electron chi connectivity index (χ0n) is 24.9. The average molecular weight is 641 g/mol. The van der Waals surface area contributed by atoms with Crippen LogP contribution in [0, 0.1) is 23.7 Å². The highest BCUT2D eigenvalue weighted by Crippen LogP contribution is 2.65. The minimum atomic E-state index is -1.56. The monoisotopic (exact) mass is 640 g/mol. The normalized spacial score (nSPS) is 28.4. The lowest BCUT2D eigenvalue weighted by Gasteiger charge is -2.50. The molecule has 0 bridgehead atoms. The lowest BCUT2D eigenvalue weighted by atomic mass is 9.49. The molecule has 6 atom stereocenters. The van der Waals surface area contributed by atoms with Crippen molar-refractivity contribution in [1.82, 2.24) is 4.90 Å². The predicted molar refractivity (Wildman–Crippen MR) is 165 cm³/mol. The fourth-order valence-corrected chi connectivity index (χ4v) is 8.48. The molecule has 7 rings (SSSR count). The van der Waals surface area contributed by atoms with Crippen LogP contribution in [0.1, 0.15) is 29.9 Å². The van der Waals surface area contributed by atoms with Gasteiger partial charge < -0.3 is 14.6 Å². The van der Waals surface area contributed by atoms with Crippen molar-refractivity contribution in [1.29, 1.82) is 0 Å². The van der Waals surface area contributed by atoms with Crippen LogP contribution in [0.5, 0.6) is 11.5 Å². The van der Waals surface area contributed by atoms with E-state index in [2.05, 4.69) is 0 Å². The van der Waals surface area contributed by atoms with Gasteiger partial charge in [0, 0.05) is 16.5 Å². The summed E-state index contributed by atoms with van der Waals surface area (Å²) in [7, 11) is 2.51. The first-order valence-corrected chi connectivity index (χ1v) is 15.3. The number of rotatable bonds is 4. The molecule has 0 aromatic heterocycles. The molecule has 5 amide bonds. The summed E-state index contributed by atoms with van der Waals surface area (Å²) in [6.45, 7) is 0. The van der Waals surface area contributed by atoms with Gasteiger partial charge in [0.25, 0.3) is 0 Å². The van der Waals surface area contributed by atoms with Crippen molar-refractivity contribution < 1.29 is 38.6 Å². The number of methoxy groups -OCH3 is 2. The van der Waals surface area contributed by atoms with E-state index < -0.39 is 64.7 Å². The molecule has 3 fully saturated rings. The average Bonchev–Trinajstić information content (AvgIpc) is 3.45. The van der Waals surface area contributed by atoms with E-state index in [1.165, 1.54) is 7.11 Å². The SMILES string of the molecule is COC(=O)N1C(=O)[C@H]2[C@H](CC=C3[C@H]2C[C@H]2C(=O)N(c4cccc(Cl)c4)C(=O)[C@@]2(c2ccccc2)[C@H]3c2cccc(OC)c2O)C1=O. The number of fused-ring (bicyclic) bond motifs is 4. The van der Waals surface area contributed by atoms with Crippen molar-refractivity contribution in [2.24, 2.45) is 23.7 Å². The van der Waals surface area contributed by atoms with Gasteiger partial charge in [0.1, 0.15) is 0 Å². The number of hydrogen-bond donors (Lipinski definition) is 1. The van der Waals surface area contributed by atoms with E-state index in [1.807, 2.05) is 12.1 Å². The van der Waals surface area contributed by atoms with Gasteiger partial charge in [-0.2, -0.15) is 4.90 Å². The van der Waals surface area contributed by atoms with Crippen LogP contribution >= 0.6 is 11.6 Å². The Kier molecular flexibility index (Phi) is 7.01. The number of carbonyl (C=O) groups excluding carboxylic acids is 5. The summed E-state index contributed by atoms with van der Waals surface area (Å²) in [5, 5.41) is 12.0. The summed E-state index contributed by atoms with van der Waals surface area (Å²) < 4.78 is 10.2. The summed E-state index contributed by atoms with van der Waals surface area (Å²) >= 11 is 6.33. The van der Waals surface area contributed by atoms with E-state index >= 15 is 4.79 Å². The maximum atomic E-state index is 15.2. The second kappa shape index (κ2) is 10.8. The van der Waals surface area contributed by atoms with Gasteiger partial charge in [-0.15, -0.1) is 0 Å². The summed E-state index contributed by atoms with van der Waals surface area (Å²) in [5.41, 5.74) is 0.249. The number of phenols is 1. The van der Waals surface area contributed by atoms with Gasteiger partial charge in [0.2, 0.25) is 23.6 Å². The van der Waals surface area contributed by atoms with Gasteiger partial charge >= 0.3 is 6.09 Å². The van der Waals surface area contributed by atoms with Gasteiger partial charge in [-0.1, -0.05) is 71.8 Å². The van der Waals surface area contributed by atoms with Crippen LogP contribution in [0.4, 0.5) is 10.5 Å². The Morgan fingerprint density at radius 3 is 2.35 bits per heavy atom. The molecule has 0 radical (unpaired) electrons. The predicted octanol–water partition coefficient (Wildman–Crippen LogP) is 4.98. The third-order valence-electron chi connectivity index (χ3n) is 10.1. The zero-order valence-corrected chi connectivity index (χ0v) is 25.6. The summed E-state index contributed by atoms with van der Waals surface area (Å²) in [4.78, 5) is 71.3. The number of ether oxygens (including phenoxy) is 2. The zero-order chi connectivity index (χ0) is 32.5. The largest absolute Gasteiger partial charge is 0.504 e. The number of nitrogens with zero attached hydrogens (tertiary/aromatic N) is 2. The molecule has 2 aliphatic carbocycles. The lowest BCUT2D eigenvalue weighted by molar-refractivity contribution is -0.138. The Hall–Kier alpha value is -4.96. The second-order valence-electron chi connectivity index (χ2n) is 12.0. The Morgan fingerprint density at radius 1 is 0.913 bits per heavy atom. The van der Waals surface area contributed by atoms with Gasteiger partial charge in [-0.3, -0.25) is 19.2 Å². The van der Waals surface area contributed by atoms with Crippen LogP contribution in [0.25, 0.3) is 0 Å². The Labute approximate surface area is 269 Å². The second-order valence-corrected chi connectivity index (χ2v) is 12.4. The van der Waals surface area contributed by atoms with Crippen LogP contribution in [0.2, 0.25) is 5.02 Å². The number of phenolic OH excluding ortho intramolecular Hbond substituents is 1. The van der Waals surface area contributed by atoms with E-state index in [9.17, 15) is 24.3 Å². The molecular formula is C35H29ClN2O8. The van der Waals surface area contributed by atoms with Crippen LogP contribution < -0.4 is 9.64 Å². The number of amides is 5. The van der Waals surface area contributed by atoms with Crippen molar-refractivity contribution in [2.45, 2.75) is 24.2 Å². The quantitative estimate of drug-likeness (QED) is 0.312. The van der Waals surface area contributed by atoms with Crippen molar-refractivity contribution in [3.8, 4) is 11.5 Å².